The van der Waals surface area contributed by atoms with E-state index in [1.54, 1.807) is 0 Å². The van der Waals surface area contributed by atoms with Gasteiger partial charge in [-0.3, -0.25) is 0 Å². The largest absolute Gasteiger partial charge is 0.360 e. The van der Waals surface area contributed by atoms with E-state index in [1.807, 2.05) is 18.2 Å². The first-order valence-corrected chi connectivity index (χ1v) is 7.98. The Labute approximate surface area is 134 Å². The smallest absolute Gasteiger partial charge is 0.200 e. The van der Waals surface area contributed by atoms with Crippen molar-refractivity contribution < 1.29 is 0 Å². The Balaban J connectivity index is 1.58. The zero-order valence-corrected chi connectivity index (χ0v) is 12.8. The van der Waals surface area contributed by atoms with Gasteiger partial charge in [-0.25, -0.2) is 0 Å². The molecule has 2 aromatic heterocycles. The lowest BCUT2D eigenvalue weighted by atomic mass is 10.1. The topological polar surface area (TPSA) is 71.2 Å². The van der Waals surface area contributed by atoms with Crippen LogP contribution in [0, 0.1) is 0 Å². The van der Waals surface area contributed by atoms with E-state index in [-0.39, 0.29) is 6.04 Å². The molecule has 3 aromatic rings. The molecule has 1 fully saturated rings. The van der Waals surface area contributed by atoms with Crippen molar-refractivity contribution in [3.63, 3.8) is 0 Å². The molecule has 0 bridgehead atoms. The third-order valence-electron chi connectivity index (χ3n) is 4.23. The molecule has 1 aliphatic rings. The maximum Gasteiger partial charge on any atom is 0.200 e. The lowest BCUT2D eigenvalue weighted by Crippen LogP contribution is -2.29. The fraction of sp³-hybridized carbons (Fsp3) is 0.375. The number of nitrogens with one attached hydrogen (secondary N) is 1. The molecule has 0 aliphatic carbocycles. The molecule has 1 aliphatic heterocycles. The highest BCUT2D eigenvalue weighted by molar-refractivity contribution is 5.44. The highest BCUT2D eigenvalue weighted by atomic mass is 15.6. The number of tetrazole rings is 1. The van der Waals surface area contributed by atoms with E-state index in [4.69, 9.17) is 0 Å². The molecule has 1 atom stereocenters. The third-order valence-corrected chi connectivity index (χ3v) is 4.23. The Hall–Kier alpha value is -2.54. The van der Waals surface area contributed by atoms with Crippen LogP contribution in [0.1, 0.15) is 24.4 Å². The van der Waals surface area contributed by atoms with Gasteiger partial charge in [-0.15, -0.1) is 14.8 Å². The van der Waals surface area contributed by atoms with Crippen LogP contribution in [0.5, 0.6) is 0 Å². The molecule has 4 rings (SSSR count). The van der Waals surface area contributed by atoms with Gasteiger partial charge in [0.05, 0.1) is 6.04 Å². The first-order valence-electron chi connectivity index (χ1n) is 7.98. The third kappa shape index (κ3) is 3.14. The van der Waals surface area contributed by atoms with E-state index in [0.717, 1.165) is 12.4 Å². The number of hydrogen-bond donors (Lipinski definition) is 1. The molecule has 0 radical (unpaired) electrons. The van der Waals surface area contributed by atoms with E-state index < -0.39 is 0 Å². The Kier molecular flexibility index (Phi) is 3.85. The number of nitrogens with zero attached hydrogens (tertiary/aromatic N) is 6. The van der Waals surface area contributed by atoms with Gasteiger partial charge in [0.15, 0.2) is 5.65 Å². The number of anilines is 1. The first-order chi connectivity index (χ1) is 11.4. The van der Waals surface area contributed by atoms with Gasteiger partial charge in [0, 0.05) is 6.54 Å². The number of likely N-dealkylation sites (tertiary alicyclic amines) is 1. The normalized spacial score (nSPS) is 16.7. The van der Waals surface area contributed by atoms with Crippen molar-refractivity contribution in [2.75, 3.05) is 25.0 Å². The van der Waals surface area contributed by atoms with Gasteiger partial charge < -0.3 is 10.2 Å². The van der Waals surface area contributed by atoms with Crippen LogP contribution in [0.4, 0.5) is 5.82 Å². The maximum absolute atomic E-state index is 4.43. The SMILES string of the molecule is c1ccc(C(CN2CCCC2)Nc2ccc3nnnn3n2)cc1. The van der Waals surface area contributed by atoms with Gasteiger partial charge in [-0.1, -0.05) is 30.3 Å². The van der Waals surface area contributed by atoms with Crippen LogP contribution in [0.2, 0.25) is 0 Å². The number of aromatic nitrogens is 5. The molecule has 118 valence electrons. The van der Waals surface area contributed by atoms with Crippen molar-refractivity contribution in [3.05, 3.63) is 48.0 Å². The summed E-state index contributed by atoms with van der Waals surface area (Å²) in [6, 6.07) is 14.5. The van der Waals surface area contributed by atoms with Gasteiger partial charge in [0.1, 0.15) is 5.82 Å². The summed E-state index contributed by atoms with van der Waals surface area (Å²) in [4.78, 5) is 2.50. The summed E-state index contributed by atoms with van der Waals surface area (Å²) in [5.41, 5.74) is 1.91. The van der Waals surface area contributed by atoms with Crippen LogP contribution in [-0.2, 0) is 0 Å². The van der Waals surface area contributed by atoms with E-state index in [9.17, 15) is 0 Å². The van der Waals surface area contributed by atoms with Crippen molar-refractivity contribution in [1.82, 2.24) is 30.2 Å². The quantitative estimate of drug-likeness (QED) is 0.774. The molecule has 0 spiro atoms. The monoisotopic (exact) mass is 309 g/mol. The average Bonchev–Trinajstić information content (AvgIpc) is 3.26. The molecule has 7 nitrogen and oxygen atoms in total. The summed E-state index contributed by atoms with van der Waals surface area (Å²) in [6.07, 6.45) is 2.58. The number of fused-ring (bicyclic) bond motifs is 1. The molecule has 7 heteroatoms. The Bertz CT molecular complexity index is 764. The molecular weight excluding hydrogens is 290 g/mol. The van der Waals surface area contributed by atoms with Crippen molar-refractivity contribution >= 4 is 11.5 Å². The second-order valence-corrected chi connectivity index (χ2v) is 5.86. The second kappa shape index (κ2) is 6.29. The zero-order chi connectivity index (χ0) is 15.5. The van der Waals surface area contributed by atoms with Gasteiger partial charge in [-0.2, -0.15) is 0 Å². The summed E-state index contributed by atoms with van der Waals surface area (Å²) < 4.78 is 1.44. The zero-order valence-electron chi connectivity index (χ0n) is 12.8. The maximum atomic E-state index is 4.43. The van der Waals surface area contributed by atoms with Gasteiger partial charge in [0.25, 0.3) is 0 Å². The van der Waals surface area contributed by atoms with Crippen molar-refractivity contribution in [2.45, 2.75) is 18.9 Å². The lowest BCUT2D eigenvalue weighted by molar-refractivity contribution is 0.323. The van der Waals surface area contributed by atoms with Crippen LogP contribution in [-0.4, -0.2) is 49.8 Å². The fourth-order valence-corrected chi connectivity index (χ4v) is 3.05. The van der Waals surface area contributed by atoms with Crippen molar-refractivity contribution in [2.24, 2.45) is 0 Å². The molecule has 1 unspecified atom stereocenters. The highest BCUT2D eigenvalue weighted by Crippen LogP contribution is 2.21. The minimum absolute atomic E-state index is 0.190. The molecule has 0 saturated carbocycles. The summed E-state index contributed by atoms with van der Waals surface area (Å²) in [7, 11) is 0. The summed E-state index contributed by atoms with van der Waals surface area (Å²) >= 11 is 0. The molecule has 1 N–H and O–H groups in total. The standard InChI is InChI=1S/C16H19N7/c1-2-6-13(7-3-1)14(12-22-10-4-5-11-22)17-15-8-9-16-18-20-21-23(16)19-15/h1-3,6-9,14H,4-5,10-12H2,(H,17,19). The highest BCUT2D eigenvalue weighted by Gasteiger charge is 2.19. The molecule has 0 amide bonds. The Morgan fingerprint density at radius 3 is 2.70 bits per heavy atom. The molecule has 3 heterocycles. The summed E-state index contributed by atoms with van der Waals surface area (Å²) in [5, 5.41) is 19.3. The number of rotatable bonds is 5. The van der Waals surface area contributed by atoms with Crippen LogP contribution in [0.15, 0.2) is 42.5 Å². The molecule has 1 aromatic carbocycles. The average molecular weight is 309 g/mol. The van der Waals surface area contributed by atoms with Gasteiger partial charge in [0.2, 0.25) is 0 Å². The lowest BCUT2D eigenvalue weighted by Gasteiger charge is -2.25. The van der Waals surface area contributed by atoms with Crippen LogP contribution in [0.25, 0.3) is 5.65 Å². The number of benzene rings is 1. The van der Waals surface area contributed by atoms with Crippen LogP contribution >= 0.6 is 0 Å². The predicted octanol–water partition coefficient (Wildman–Crippen LogP) is 1.77. The summed E-state index contributed by atoms with van der Waals surface area (Å²) in [5.74, 6) is 0.776. The first kappa shape index (κ1) is 14.1. The molecule has 23 heavy (non-hydrogen) atoms. The fourth-order valence-electron chi connectivity index (χ4n) is 3.05. The van der Waals surface area contributed by atoms with Gasteiger partial charge >= 0.3 is 0 Å². The summed E-state index contributed by atoms with van der Waals surface area (Å²) in [6.45, 7) is 3.31. The Morgan fingerprint density at radius 1 is 1.04 bits per heavy atom. The molecular formula is C16H19N7. The minimum atomic E-state index is 0.190. The second-order valence-electron chi connectivity index (χ2n) is 5.86. The van der Waals surface area contributed by atoms with Crippen molar-refractivity contribution in [3.8, 4) is 0 Å². The van der Waals surface area contributed by atoms with E-state index >= 15 is 0 Å². The van der Waals surface area contributed by atoms with E-state index in [2.05, 4.69) is 55.1 Å². The van der Waals surface area contributed by atoms with Gasteiger partial charge in [-0.05, 0) is 54.1 Å². The number of hydrogen-bond acceptors (Lipinski definition) is 6. The minimum Gasteiger partial charge on any atom is -0.360 e. The van der Waals surface area contributed by atoms with Crippen LogP contribution < -0.4 is 5.32 Å². The molecule has 1 saturated heterocycles. The van der Waals surface area contributed by atoms with E-state index in [0.29, 0.717) is 5.65 Å². The predicted molar refractivity (Wildman–Crippen MR) is 87.1 cm³/mol. The van der Waals surface area contributed by atoms with E-state index in [1.165, 1.54) is 36.1 Å². The van der Waals surface area contributed by atoms with Crippen molar-refractivity contribution in [1.29, 1.82) is 0 Å². The Morgan fingerprint density at radius 2 is 1.87 bits per heavy atom. The van der Waals surface area contributed by atoms with Crippen LogP contribution in [0.3, 0.4) is 0 Å².